The van der Waals surface area contributed by atoms with Crippen LogP contribution in [0.15, 0.2) is 22.7 Å². The number of nitrogens with zero attached hydrogens (tertiary/aromatic N) is 4. The highest BCUT2D eigenvalue weighted by Gasteiger charge is 2.14. The lowest BCUT2D eigenvalue weighted by molar-refractivity contribution is 0.388. The molecule has 0 atom stereocenters. The predicted octanol–water partition coefficient (Wildman–Crippen LogP) is 2.57. The fraction of sp³-hybridized carbons (Fsp3) is 0.357. The third kappa shape index (κ3) is 2.71. The fourth-order valence-corrected chi connectivity index (χ4v) is 2.41. The number of hydrogen-bond donors (Lipinski definition) is 0. The summed E-state index contributed by atoms with van der Waals surface area (Å²) in [6.45, 7) is 2.41. The Hall–Kier alpha value is -2.08. The van der Waals surface area contributed by atoms with Crippen LogP contribution in [0.1, 0.15) is 17.3 Å². The van der Waals surface area contributed by atoms with Gasteiger partial charge in [0.25, 0.3) is 0 Å². The Morgan fingerprint density at radius 2 is 2.19 bits per heavy atom. The van der Waals surface area contributed by atoms with E-state index in [2.05, 4.69) is 15.1 Å². The second-order valence-electron chi connectivity index (χ2n) is 4.68. The van der Waals surface area contributed by atoms with E-state index in [1.54, 1.807) is 13.2 Å². The summed E-state index contributed by atoms with van der Waals surface area (Å²) in [6, 6.07) is 5.59. The Labute approximate surface area is 126 Å². The molecule has 0 amide bonds. The quantitative estimate of drug-likeness (QED) is 0.678. The number of fused-ring (bicyclic) bond motifs is 1. The molecule has 0 aliphatic heterocycles. The molecule has 0 spiro atoms. The van der Waals surface area contributed by atoms with Crippen LogP contribution in [0.3, 0.4) is 0 Å². The maximum Gasteiger partial charge on any atom is 0.215 e. The van der Waals surface area contributed by atoms with Crippen LogP contribution in [0.25, 0.3) is 11.2 Å². The standard InChI is InChI=1S/C14H15ClN4O2/c1-9-7-10(18-21-9)8-19-12(5-6-15)16-11-3-4-13(20-2)17-14(11)19/h3-4,7H,5-6,8H2,1-2H3. The highest BCUT2D eigenvalue weighted by molar-refractivity contribution is 6.17. The monoisotopic (exact) mass is 306 g/mol. The van der Waals surface area contributed by atoms with Gasteiger partial charge in [0, 0.05) is 24.4 Å². The van der Waals surface area contributed by atoms with Crippen LogP contribution in [0.2, 0.25) is 0 Å². The van der Waals surface area contributed by atoms with E-state index in [9.17, 15) is 0 Å². The van der Waals surface area contributed by atoms with E-state index in [0.29, 0.717) is 24.7 Å². The molecule has 110 valence electrons. The van der Waals surface area contributed by atoms with Crippen molar-refractivity contribution in [3.8, 4) is 5.88 Å². The normalized spacial score (nSPS) is 11.2. The van der Waals surface area contributed by atoms with Gasteiger partial charge in [-0.05, 0) is 13.0 Å². The molecule has 0 aromatic carbocycles. The van der Waals surface area contributed by atoms with Crippen molar-refractivity contribution >= 4 is 22.8 Å². The molecular formula is C14H15ClN4O2. The lowest BCUT2D eigenvalue weighted by Gasteiger charge is -2.06. The second-order valence-corrected chi connectivity index (χ2v) is 5.06. The third-order valence-electron chi connectivity index (χ3n) is 3.17. The van der Waals surface area contributed by atoms with Gasteiger partial charge in [0.15, 0.2) is 5.65 Å². The topological polar surface area (TPSA) is 66.0 Å². The first kappa shape index (κ1) is 13.9. The van der Waals surface area contributed by atoms with Gasteiger partial charge in [-0.2, -0.15) is 4.98 Å². The van der Waals surface area contributed by atoms with Crippen LogP contribution in [-0.4, -0.2) is 32.7 Å². The molecular weight excluding hydrogens is 292 g/mol. The molecule has 0 unspecified atom stereocenters. The largest absolute Gasteiger partial charge is 0.481 e. The first-order valence-corrected chi connectivity index (χ1v) is 7.13. The summed E-state index contributed by atoms with van der Waals surface area (Å²) in [4.78, 5) is 9.06. The first-order chi connectivity index (χ1) is 10.2. The van der Waals surface area contributed by atoms with Crippen molar-refractivity contribution in [3.05, 3.63) is 35.5 Å². The molecule has 0 fully saturated rings. The zero-order chi connectivity index (χ0) is 14.8. The van der Waals surface area contributed by atoms with Crippen molar-refractivity contribution in [1.82, 2.24) is 19.7 Å². The van der Waals surface area contributed by atoms with Crippen molar-refractivity contribution < 1.29 is 9.26 Å². The summed E-state index contributed by atoms with van der Waals surface area (Å²) in [7, 11) is 1.59. The Morgan fingerprint density at radius 1 is 1.33 bits per heavy atom. The van der Waals surface area contributed by atoms with Crippen LogP contribution in [0.5, 0.6) is 5.88 Å². The van der Waals surface area contributed by atoms with Crippen molar-refractivity contribution in [1.29, 1.82) is 0 Å². The Balaban J connectivity index is 2.09. The summed E-state index contributed by atoms with van der Waals surface area (Å²) in [6.07, 6.45) is 0.664. The summed E-state index contributed by atoms with van der Waals surface area (Å²) < 4.78 is 12.3. The Morgan fingerprint density at radius 3 is 2.86 bits per heavy atom. The van der Waals surface area contributed by atoms with Crippen LogP contribution < -0.4 is 4.74 Å². The fourth-order valence-electron chi connectivity index (χ4n) is 2.24. The van der Waals surface area contributed by atoms with Gasteiger partial charge in [0.05, 0.1) is 13.7 Å². The molecule has 0 radical (unpaired) electrons. The number of halogens is 1. The summed E-state index contributed by atoms with van der Waals surface area (Å²) >= 11 is 5.87. The molecule has 7 heteroatoms. The van der Waals surface area contributed by atoms with Gasteiger partial charge in [-0.25, -0.2) is 4.98 Å². The van der Waals surface area contributed by atoms with Crippen LogP contribution in [0.4, 0.5) is 0 Å². The number of aromatic nitrogens is 4. The van der Waals surface area contributed by atoms with Crippen molar-refractivity contribution in [3.63, 3.8) is 0 Å². The molecule has 3 aromatic rings. The average Bonchev–Trinajstić information content (AvgIpc) is 3.04. The van der Waals surface area contributed by atoms with E-state index in [1.165, 1.54) is 0 Å². The zero-order valence-electron chi connectivity index (χ0n) is 11.8. The molecule has 0 saturated heterocycles. The number of pyridine rings is 1. The molecule has 3 heterocycles. The minimum atomic E-state index is 0.498. The minimum absolute atomic E-state index is 0.498. The summed E-state index contributed by atoms with van der Waals surface area (Å²) in [5, 5.41) is 4.03. The van der Waals surface area contributed by atoms with Gasteiger partial charge in [-0.3, -0.25) is 0 Å². The van der Waals surface area contributed by atoms with Gasteiger partial charge in [0.2, 0.25) is 5.88 Å². The predicted molar refractivity (Wildman–Crippen MR) is 78.8 cm³/mol. The smallest absolute Gasteiger partial charge is 0.215 e. The highest BCUT2D eigenvalue weighted by atomic mass is 35.5. The van der Waals surface area contributed by atoms with Crippen LogP contribution in [-0.2, 0) is 13.0 Å². The lowest BCUT2D eigenvalue weighted by Crippen LogP contribution is -2.07. The van der Waals surface area contributed by atoms with E-state index in [1.807, 2.05) is 23.6 Å². The number of ether oxygens (including phenoxy) is 1. The number of methoxy groups -OCH3 is 1. The van der Waals surface area contributed by atoms with E-state index in [0.717, 1.165) is 28.4 Å². The Kier molecular flexibility index (Phi) is 3.79. The van der Waals surface area contributed by atoms with Crippen molar-refractivity contribution in [2.75, 3.05) is 13.0 Å². The van der Waals surface area contributed by atoms with Gasteiger partial charge in [0.1, 0.15) is 22.8 Å². The SMILES string of the molecule is COc1ccc2nc(CCCl)n(Cc3cc(C)on3)c2n1. The van der Waals surface area contributed by atoms with Crippen LogP contribution >= 0.6 is 11.6 Å². The molecule has 0 aliphatic carbocycles. The molecule has 0 N–H and O–H groups in total. The second kappa shape index (κ2) is 5.73. The molecule has 3 aromatic heterocycles. The highest BCUT2D eigenvalue weighted by Crippen LogP contribution is 2.20. The lowest BCUT2D eigenvalue weighted by atomic mass is 10.3. The minimum Gasteiger partial charge on any atom is -0.481 e. The van der Waals surface area contributed by atoms with E-state index in [4.69, 9.17) is 20.9 Å². The average molecular weight is 307 g/mol. The number of aryl methyl sites for hydroxylation is 2. The molecule has 0 aliphatic rings. The van der Waals surface area contributed by atoms with E-state index >= 15 is 0 Å². The van der Waals surface area contributed by atoms with Gasteiger partial charge in [-0.15, -0.1) is 11.6 Å². The first-order valence-electron chi connectivity index (χ1n) is 6.59. The number of hydrogen-bond acceptors (Lipinski definition) is 5. The molecule has 0 bridgehead atoms. The maximum atomic E-state index is 5.87. The molecule has 21 heavy (non-hydrogen) atoms. The van der Waals surface area contributed by atoms with Crippen molar-refractivity contribution in [2.24, 2.45) is 0 Å². The molecule has 0 saturated carbocycles. The zero-order valence-corrected chi connectivity index (χ0v) is 12.6. The van der Waals surface area contributed by atoms with Gasteiger partial charge in [-0.1, -0.05) is 5.16 Å². The summed E-state index contributed by atoms with van der Waals surface area (Å²) in [5.41, 5.74) is 2.40. The van der Waals surface area contributed by atoms with Gasteiger partial charge < -0.3 is 13.8 Å². The van der Waals surface area contributed by atoms with E-state index in [-0.39, 0.29) is 0 Å². The number of rotatable bonds is 5. The number of alkyl halides is 1. The van der Waals surface area contributed by atoms with Gasteiger partial charge >= 0.3 is 0 Å². The summed E-state index contributed by atoms with van der Waals surface area (Å²) in [5.74, 6) is 2.70. The third-order valence-corrected chi connectivity index (χ3v) is 3.36. The molecule has 3 rings (SSSR count). The molecule has 6 nitrogen and oxygen atoms in total. The Bertz CT molecular complexity index is 766. The maximum absolute atomic E-state index is 5.87. The van der Waals surface area contributed by atoms with E-state index < -0.39 is 0 Å². The number of imidazole rings is 1. The van der Waals surface area contributed by atoms with Crippen molar-refractivity contribution in [2.45, 2.75) is 19.9 Å². The van der Waals surface area contributed by atoms with Crippen LogP contribution in [0, 0.1) is 6.92 Å².